The number of fused-ring (bicyclic) bond motifs is 3. The smallest absolute Gasteiger partial charge is 0.192 e. The average Bonchev–Trinajstić information content (AvgIpc) is 3.51. The number of hydrogen-bond donors (Lipinski definition) is 0. The van der Waals surface area contributed by atoms with Gasteiger partial charge in [0.1, 0.15) is 20.5 Å². The minimum Gasteiger partial charge on any atom is -0.237 e. The molecule has 0 aliphatic carbocycles. The molecule has 6 rings (SSSR count). The standard InChI is InChI=1S/C6H3Cl2N3.C6H3ClFN3.C6H4ClN3/c7-4-3-10-11-5(8)1-2-9-6(4)11;7-5-1-2-9-6-4(8)3-10-11(5)6;7-5-1-3-8-6-2-4-9-10(5)6/h2*1-3H;1-4H. The number of aromatic nitrogens is 9. The van der Waals surface area contributed by atoms with Gasteiger partial charge in [-0.25, -0.2) is 32.9 Å². The molecule has 6 aromatic rings. The summed E-state index contributed by atoms with van der Waals surface area (Å²) >= 11 is 22.9. The van der Waals surface area contributed by atoms with Crippen molar-refractivity contribution < 1.29 is 4.39 Å². The van der Waals surface area contributed by atoms with Crippen molar-refractivity contribution >= 4 is 63.3 Å². The lowest BCUT2D eigenvalue weighted by molar-refractivity contribution is 0.636. The molecule has 0 saturated carbocycles. The van der Waals surface area contributed by atoms with Gasteiger partial charge in [0.25, 0.3) is 0 Å². The van der Waals surface area contributed by atoms with E-state index in [4.69, 9.17) is 46.4 Å². The van der Waals surface area contributed by atoms with E-state index in [9.17, 15) is 4.39 Å². The molecular formula is C18H10Cl4FN9. The highest BCUT2D eigenvalue weighted by atomic mass is 35.5. The van der Waals surface area contributed by atoms with Gasteiger partial charge in [0, 0.05) is 24.7 Å². The number of hydrogen-bond acceptors (Lipinski definition) is 6. The fourth-order valence-electron chi connectivity index (χ4n) is 2.47. The maximum Gasteiger partial charge on any atom is 0.192 e. The zero-order chi connectivity index (χ0) is 22.7. The molecule has 9 nitrogen and oxygen atoms in total. The third kappa shape index (κ3) is 4.58. The van der Waals surface area contributed by atoms with E-state index < -0.39 is 5.82 Å². The summed E-state index contributed by atoms with van der Waals surface area (Å²) in [6, 6.07) is 6.69. The van der Waals surface area contributed by atoms with Gasteiger partial charge in [0.05, 0.1) is 18.6 Å². The minimum atomic E-state index is -0.465. The van der Waals surface area contributed by atoms with Gasteiger partial charge in [0.2, 0.25) is 0 Å². The average molecular weight is 513 g/mol. The Labute approximate surface area is 199 Å². The van der Waals surface area contributed by atoms with Crippen LogP contribution in [0.25, 0.3) is 16.9 Å². The molecule has 0 aliphatic rings. The highest BCUT2D eigenvalue weighted by molar-refractivity contribution is 6.34. The van der Waals surface area contributed by atoms with Gasteiger partial charge in [-0.3, -0.25) is 0 Å². The summed E-state index contributed by atoms with van der Waals surface area (Å²) in [5.74, 6) is -0.465. The Hall–Kier alpha value is -3.05. The summed E-state index contributed by atoms with van der Waals surface area (Å²) in [6.45, 7) is 0. The topological polar surface area (TPSA) is 90.6 Å². The maximum atomic E-state index is 12.7. The molecule has 0 aliphatic heterocycles. The van der Waals surface area contributed by atoms with Gasteiger partial charge >= 0.3 is 0 Å². The Morgan fingerprint density at radius 1 is 0.594 bits per heavy atom. The predicted molar refractivity (Wildman–Crippen MR) is 119 cm³/mol. The first-order valence-corrected chi connectivity index (χ1v) is 10.2. The maximum absolute atomic E-state index is 12.7. The largest absolute Gasteiger partial charge is 0.237 e. The van der Waals surface area contributed by atoms with Crippen molar-refractivity contribution in [2.45, 2.75) is 0 Å². The lowest BCUT2D eigenvalue weighted by atomic mass is 10.6. The van der Waals surface area contributed by atoms with E-state index in [0.29, 0.717) is 26.1 Å². The number of halogens is 5. The molecule has 0 fully saturated rings. The Balaban J connectivity index is 0.000000115. The van der Waals surface area contributed by atoms with Crippen LogP contribution in [0.1, 0.15) is 0 Å². The predicted octanol–water partition coefficient (Wildman–Crippen LogP) is 4.94. The third-order valence-corrected chi connectivity index (χ3v) is 4.99. The lowest BCUT2D eigenvalue weighted by Crippen LogP contribution is -1.90. The lowest BCUT2D eigenvalue weighted by Gasteiger charge is -1.93. The monoisotopic (exact) mass is 511 g/mol. The zero-order valence-electron chi connectivity index (χ0n) is 15.7. The summed E-state index contributed by atoms with van der Waals surface area (Å²) < 4.78 is 17.0. The molecule has 0 atom stereocenters. The van der Waals surface area contributed by atoms with E-state index in [2.05, 4.69) is 30.2 Å². The van der Waals surface area contributed by atoms with E-state index in [1.165, 1.54) is 21.4 Å². The van der Waals surface area contributed by atoms with Crippen molar-refractivity contribution in [3.8, 4) is 0 Å². The fourth-order valence-corrected chi connectivity index (χ4v) is 3.19. The fraction of sp³-hybridized carbons (Fsp3) is 0. The summed E-state index contributed by atoms with van der Waals surface area (Å²) in [6.07, 6.45) is 8.92. The second-order valence-electron chi connectivity index (χ2n) is 5.86. The molecule has 14 heteroatoms. The summed E-state index contributed by atoms with van der Waals surface area (Å²) in [5.41, 5.74) is 1.50. The Kier molecular flexibility index (Phi) is 6.66. The van der Waals surface area contributed by atoms with Crippen molar-refractivity contribution in [2.75, 3.05) is 0 Å². The van der Waals surface area contributed by atoms with Gasteiger partial charge in [-0.15, -0.1) is 0 Å². The Morgan fingerprint density at radius 2 is 1.16 bits per heavy atom. The number of rotatable bonds is 0. The normalized spacial score (nSPS) is 10.7. The van der Waals surface area contributed by atoms with E-state index in [-0.39, 0.29) is 5.65 Å². The first-order valence-electron chi connectivity index (χ1n) is 8.67. The van der Waals surface area contributed by atoms with E-state index in [0.717, 1.165) is 11.8 Å². The van der Waals surface area contributed by atoms with Crippen LogP contribution >= 0.6 is 46.4 Å². The molecule has 0 saturated heterocycles. The van der Waals surface area contributed by atoms with Crippen molar-refractivity contribution in [1.29, 1.82) is 0 Å². The van der Waals surface area contributed by atoms with Crippen LogP contribution in [0.15, 0.2) is 61.4 Å². The number of nitrogens with zero attached hydrogens (tertiary/aromatic N) is 9. The molecule has 6 heterocycles. The highest BCUT2D eigenvalue weighted by Crippen LogP contribution is 2.17. The second kappa shape index (κ2) is 9.61. The van der Waals surface area contributed by atoms with Gasteiger partial charge in [-0.2, -0.15) is 15.3 Å². The minimum absolute atomic E-state index is 0.150. The molecule has 6 aromatic heterocycles. The molecule has 0 amide bonds. The van der Waals surface area contributed by atoms with E-state index in [1.807, 2.05) is 0 Å². The van der Waals surface area contributed by atoms with Crippen LogP contribution in [0.2, 0.25) is 20.5 Å². The Bertz CT molecular complexity index is 1430. The van der Waals surface area contributed by atoms with Gasteiger partial charge in [-0.05, 0) is 18.2 Å². The van der Waals surface area contributed by atoms with Crippen LogP contribution in [-0.4, -0.2) is 43.8 Å². The van der Waals surface area contributed by atoms with Crippen molar-refractivity contribution in [3.05, 3.63) is 87.7 Å². The van der Waals surface area contributed by atoms with E-state index in [1.54, 1.807) is 47.4 Å². The molecule has 0 aromatic carbocycles. The van der Waals surface area contributed by atoms with Crippen LogP contribution in [-0.2, 0) is 0 Å². The SMILES string of the molecule is Clc1ccnc2ccnn12.Clc1cnn2c(Cl)ccnc12.Fc1cnn2c(Cl)ccnc12. The molecule has 0 N–H and O–H groups in total. The first-order chi connectivity index (χ1) is 15.5. The second-order valence-corrected chi connectivity index (χ2v) is 7.43. The molecular weight excluding hydrogens is 503 g/mol. The molecule has 0 unspecified atom stereocenters. The van der Waals surface area contributed by atoms with Crippen molar-refractivity contribution in [3.63, 3.8) is 0 Å². The molecule has 162 valence electrons. The van der Waals surface area contributed by atoms with E-state index >= 15 is 0 Å². The van der Waals surface area contributed by atoms with Gasteiger partial charge in [-0.1, -0.05) is 46.4 Å². The quantitative estimate of drug-likeness (QED) is 0.268. The van der Waals surface area contributed by atoms with Gasteiger partial charge in [0.15, 0.2) is 22.8 Å². The van der Waals surface area contributed by atoms with Crippen LogP contribution in [0.3, 0.4) is 0 Å². The molecule has 0 spiro atoms. The highest BCUT2D eigenvalue weighted by Gasteiger charge is 2.05. The molecule has 32 heavy (non-hydrogen) atoms. The first kappa shape index (κ1) is 22.2. The Morgan fingerprint density at radius 3 is 1.78 bits per heavy atom. The molecule has 0 bridgehead atoms. The van der Waals surface area contributed by atoms with Crippen molar-refractivity contribution in [2.24, 2.45) is 0 Å². The van der Waals surface area contributed by atoms with Crippen LogP contribution in [0, 0.1) is 5.82 Å². The van der Waals surface area contributed by atoms with Crippen molar-refractivity contribution in [1.82, 2.24) is 43.8 Å². The summed E-state index contributed by atoms with van der Waals surface area (Å²) in [7, 11) is 0. The van der Waals surface area contributed by atoms with Gasteiger partial charge < -0.3 is 0 Å². The third-order valence-electron chi connectivity index (χ3n) is 3.87. The summed E-state index contributed by atoms with van der Waals surface area (Å²) in [5, 5.41) is 13.4. The van der Waals surface area contributed by atoms with Crippen LogP contribution in [0.5, 0.6) is 0 Å². The van der Waals surface area contributed by atoms with Crippen LogP contribution < -0.4 is 0 Å². The molecule has 0 radical (unpaired) electrons. The van der Waals surface area contributed by atoms with Crippen LogP contribution in [0.4, 0.5) is 4.39 Å². The zero-order valence-corrected chi connectivity index (χ0v) is 18.7. The summed E-state index contributed by atoms with van der Waals surface area (Å²) in [4.78, 5) is 11.7.